The Hall–Kier alpha value is -1.31. The van der Waals surface area contributed by atoms with Crippen LogP contribution in [0.3, 0.4) is 0 Å². The molecule has 0 aromatic carbocycles. The maximum absolute atomic E-state index is 4.32. The first-order chi connectivity index (χ1) is 6.34. The molecule has 1 aliphatic carbocycles. The second-order valence-corrected chi connectivity index (χ2v) is 3.89. The smallest absolute Gasteiger partial charge is 0.137 e. The van der Waals surface area contributed by atoms with Crippen molar-refractivity contribution >= 4 is 11.0 Å². The highest BCUT2D eigenvalue weighted by Crippen LogP contribution is 2.40. The number of hydrogen-bond donors (Lipinski definition) is 1. The van der Waals surface area contributed by atoms with E-state index in [0.717, 1.165) is 11.6 Å². The Labute approximate surface area is 77.0 Å². The number of aryl methyl sites for hydroxylation is 1. The van der Waals surface area contributed by atoms with Gasteiger partial charge < -0.3 is 4.98 Å². The minimum Gasteiger partial charge on any atom is -0.343 e. The van der Waals surface area contributed by atoms with Crippen molar-refractivity contribution in [3.05, 3.63) is 29.6 Å². The molecule has 1 saturated carbocycles. The summed E-state index contributed by atoms with van der Waals surface area (Å²) < 4.78 is 0. The van der Waals surface area contributed by atoms with Gasteiger partial charge in [-0.25, -0.2) is 4.98 Å². The normalized spacial score (nSPS) is 16.7. The molecule has 2 nitrogen and oxygen atoms in total. The number of pyridine rings is 1. The van der Waals surface area contributed by atoms with Crippen molar-refractivity contribution in [2.75, 3.05) is 0 Å². The minimum absolute atomic E-state index is 0.786. The number of aromatic nitrogens is 2. The highest BCUT2D eigenvalue weighted by atomic mass is 14.9. The second kappa shape index (κ2) is 2.34. The second-order valence-electron chi connectivity index (χ2n) is 3.89. The summed E-state index contributed by atoms with van der Waals surface area (Å²) in [6.07, 6.45) is 4.54. The lowest BCUT2D eigenvalue weighted by Crippen LogP contribution is -1.78. The zero-order valence-corrected chi connectivity index (χ0v) is 7.67. The van der Waals surface area contributed by atoms with Crippen LogP contribution in [0, 0.1) is 6.92 Å². The molecule has 66 valence electrons. The van der Waals surface area contributed by atoms with Gasteiger partial charge in [-0.1, -0.05) is 0 Å². The van der Waals surface area contributed by atoms with E-state index in [2.05, 4.69) is 29.0 Å². The van der Waals surface area contributed by atoms with Crippen LogP contribution >= 0.6 is 0 Å². The molecule has 2 heteroatoms. The molecule has 0 radical (unpaired) electrons. The van der Waals surface area contributed by atoms with Crippen LogP contribution in [0.2, 0.25) is 0 Å². The van der Waals surface area contributed by atoms with Crippen LogP contribution in [0.4, 0.5) is 0 Å². The van der Waals surface area contributed by atoms with Gasteiger partial charge in [-0.05, 0) is 43.4 Å². The van der Waals surface area contributed by atoms with Gasteiger partial charge in [-0.15, -0.1) is 0 Å². The first-order valence-electron chi connectivity index (χ1n) is 4.79. The van der Waals surface area contributed by atoms with E-state index in [0.29, 0.717) is 0 Å². The fraction of sp³-hybridized carbons (Fsp3) is 0.364. The summed E-state index contributed by atoms with van der Waals surface area (Å²) in [5, 5.41) is 1.28. The molecule has 2 aromatic rings. The molecule has 1 N–H and O–H groups in total. The van der Waals surface area contributed by atoms with Gasteiger partial charge in [0.2, 0.25) is 0 Å². The van der Waals surface area contributed by atoms with Crippen LogP contribution in [0.15, 0.2) is 18.3 Å². The molecule has 0 saturated heterocycles. The van der Waals surface area contributed by atoms with E-state index in [9.17, 15) is 0 Å². The van der Waals surface area contributed by atoms with Gasteiger partial charge in [0, 0.05) is 17.3 Å². The lowest BCUT2D eigenvalue weighted by Gasteiger charge is -1.91. The Bertz CT molecular complexity index is 452. The van der Waals surface area contributed by atoms with Crippen LogP contribution in [-0.2, 0) is 0 Å². The molecule has 0 aliphatic heterocycles. The molecule has 0 amide bonds. The van der Waals surface area contributed by atoms with Crippen LogP contribution in [0.5, 0.6) is 0 Å². The van der Waals surface area contributed by atoms with Crippen LogP contribution in [0.25, 0.3) is 11.0 Å². The lowest BCUT2D eigenvalue weighted by atomic mass is 10.2. The Kier molecular flexibility index (Phi) is 1.29. The average Bonchev–Trinajstić information content (AvgIpc) is 2.87. The minimum atomic E-state index is 0.786. The zero-order valence-electron chi connectivity index (χ0n) is 7.67. The van der Waals surface area contributed by atoms with Gasteiger partial charge in [0.25, 0.3) is 0 Å². The number of rotatable bonds is 1. The Morgan fingerprint density at radius 1 is 1.46 bits per heavy atom. The summed E-state index contributed by atoms with van der Waals surface area (Å²) in [6.45, 7) is 2.13. The molecule has 13 heavy (non-hydrogen) atoms. The molecule has 2 heterocycles. The summed E-state index contributed by atoms with van der Waals surface area (Å²) in [7, 11) is 0. The van der Waals surface area contributed by atoms with E-state index in [1.165, 1.54) is 29.5 Å². The summed E-state index contributed by atoms with van der Waals surface area (Å²) >= 11 is 0. The summed E-state index contributed by atoms with van der Waals surface area (Å²) in [6, 6.07) is 4.32. The first kappa shape index (κ1) is 7.13. The summed E-state index contributed by atoms with van der Waals surface area (Å²) in [5.74, 6) is 0.786. The monoisotopic (exact) mass is 172 g/mol. The molecular formula is C11H12N2. The first-order valence-corrected chi connectivity index (χ1v) is 4.79. The number of nitrogens with zero attached hydrogens (tertiary/aromatic N) is 1. The molecule has 0 bridgehead atoms. The Morgan fingerprint density at radius 3 is 3.00 bits per heavy atom. The van der Waals surface area contributed by atoms with E-state index < -0.39 is 0 Å². The third-order valence-electron chi connectivity index (χ3n) is 2.79. The fourth-order valence-corrected chi connectivity index (χ4v) is 1.79. The summed E-state index contributed by atoms with van der Waals surface area (Å²) in [4.78, 5) is 7.70. The van der Waals surface area contributed by atoms with E-state index in [1.807, 2.05) is 6.20 Å². The molecular weight excluding hydrogens is 160 g/mol. The summed E-state index contributed by atoms with van der Waals surface area (Å²) in [5.41, 5.74) is 3.73. The van der Waals surface area contributed by atoms with Crippen LogP contribution < -0.4 is 0 Å². The predicted octanol–water partition coefficient (Wildman–Crippen LogP) is 2.75. The molecule has 0 spiro atoms. The van der Waals surface area contributed by atoms with Crippen molar-refractivity contribution in [3.8, 4) is 0 Å². The Morgan fingerprint density at radius 2 is 2.31 bits per heavy atom. The van der Waals surface area contributed by atoms with Crippen molar-refractivity contribution < 1.29 is 0 Å². The highest BCUT2D eigenvalue weighted by molar-refractivity contribution is 5.80. The van der Waals surface area contributed by atoms with Crippen molar-refractivity contribution in [2.45, 2.75) is 25.7 Å². The molecule has 0 unspecified atom stereocenters. The van der Waals surface area contributed by atoms with Crippen molar-refractivity contribution in [2.24, 2.45) is 0 Å². The van der Waals surface area contributed by atoms with Gasteiger partial charge in [0.15, 0.2) is 0 Å². The van der Waals surface area contributed by atoms with Crippen molar-refractivity contribution in [1.82, 2.24) is 9.97 Å². The largest absolute Gasteiger partial charge is 0.343 e. The zero-order chi connectivity index (χ0) is 8.84. The van der Waals surface area contributed by atoms with Crippen molar-refractivity contribution in [1.29, 1.82) is 0 Å². The average molecular weight is 172 g/mol. The quantitative estimate of drug-likeness (QED) is 0.704. The molecule has 3 rings (SSSR count). The predicted molar refractivity (Wildman–Crippen MR) is 52.8 cm³/mol. The molecule has 1 aliphatic rings. The number of aromatic amines is 1. The fourth-order valence-electron chi connectivity index (χ4n) is 1.79. The van der Waals surface area contributed by atoms with E-state index in [-0.39, 0.29) is 0 Å². The third-order valence-corrected chi connectivity index (χ3v) is 2.79. The lowest BCUT2D eigenvalue weighted by molar-refractivity contribution is 1.05. The molecule has 2 aromatic heterocycles. The number of H-pyrrole nitrogens is 1. The standard InChI is InChI=1S/C11H12N2/c1-7-4-5-12-11-9(7)6-10(13-11)8-2-3-8/h4-6,8H,2-3H2,1H3,(H,12,13). The SMILES string of the molecule is Cc1ccnc2[nH]c(C3CC3)cc12. The highest BCUT2D eigenvalue weighted by Gasteiger charge is 2.25. The number of fused-ring (bicyclic) bond motifs is 1. The Balaban J connectivity index is 2.26. The van der Waals surface area contributed by atoms with Gasteiger partial charge in [-0.3, -0.25) is 0 Å². The van der Waals surface area contributed by atoms with E-state index in [1.54, 1.807) is 0 Å². The van der Waals surface area contributed by atoms with Crippen LogP contribution in [-0.4, -0.2) is 9.97 Å². The maximum atomic E-state index is 4.32. The van der Waals surface area contributed by atoms with Crippen LogP contribution in [0.1, 0.15) is 30.0 Å². The van der Waals surface area contributed by atoms with Gasteiger partial charge in [0.1, 0.15) is 5.65 Å². The van der Waals surface area contributed by atoms with Gasteiger partial charge >= 0.3 is 0 Å². The van der Waals surface area contributed by atoms with Gasteiger partial charge in [-0.2, -0.15) is 0 Å². The van der Waals surface area contributed by atoms with Crippen molar-refractivity contribution in [3.63, 3.8) is 0 Å². The van der Waals surface area contributed by atoms with Gasteiger partial charge in [0.05, 0.1) is 0 Å². The molecule has 1 fully saturated rings. The van der Waals surface area contributed by atoms with E-state index >= 15 is 0 Å². The maximum Gasteiger partial charge on any atom is 0.137 e. The topological polar surface area (TPSA) is 28.7 Å². The van der Waals surface area contributed by atoms with E-state index in [4.69, 9.17) is 0 Å². The molecule has 0 atom stereocenters. The third kappa shape index (κ3) is 1.05. The number of hydrogen-bond acceptors (Lipinski definition) is 1. The number of nitrogens with one attached hydrogen (secondary N) is 1.